The number of hydrogen-bond donors (Lipinski definition) is 1. The fourth-order valence-corrected chi connectivity index (χ4v) is 5.75. The Morgan fingerprint density at radius 3 is 2.52 bits per heavy atom. The Hall–Kier alpha value is -2.42. The largest absolute Gasteiger partial charge is 0.492 e. The van der Waals surface area contributed by atoms with Gasteiger partial charge in [0, 0.05) is 42.8 Å². The standard InChI is InChI=1S/C23H24BrN5OS/c1-2-19-25-23-29(26-19)22(30)21(31-23)20(16-7-6-8-17(24)15-16)28-13-11-27(12-14-28)18-9-4-3-5-10-18/h3-10,15,20,30H,2,11-14H2,1H3/t20-/m1/s1. The van der Waals surface area contributed by atoms with Gasteiger partial charge in [-0.3, -0.25) is 4.90 Å². The van der Waals surface area contributed by atoms with Crippen LogP contribution in [0.3, 0.4) is 0 Å². The van der Waals surface area contributed by atoms with Gasteiger partial charge in [-0.1, -0.05) is 64.5 Å². The van der Waals surface area contributed by atoms with E-state index in [2.05, 4.69) is 84.3 Å². The number of hydrogen-bond acceptors (Lipinski definition) is 6. The number of aromatic nitrogens is 3. The van der Waals surface area contributed by atoms with Crippen molar-refractivity contribution in [1.82, 2.24) is 19.5 Å². The zero-order chi connectivity index (χ0) is 21.4. The molecule has 4 aromatic rings. The van der Waals surface area contributed by atoms with Crippen molar-refractivity contribution in [3.8, 4) is 5.88 Å². The molecule has 1 aliphatic heterocycles. The van der Waals surface area contributed by atoms with Crippen molar-refractivity contribution in [2.75, 3.05) is 31.1 Å². The third-order valence-corrected chi connectivity index (χ3v) is 7.34. The number of rotatable bonds is 5. The van der Waals surface area contributed by atoms with Gasteiger partial charge in [-0.15, -0.1) is 5.10 Å². The second-order valence-corrected chi connectivity index (χ2v) is 9.61. The molecule has 0 radical (unpaired) electrons. The highest BCUT2D eigenvalue weighted by molar-refractivity contribution is 9.10. The van der Waals surface area contributed by atoms with Crippen LogP contribution in [0.5, 0.6) is 5.88 Å². The van der Waals surface area contributed by atoms with Crippen LogP contribution in [0, 0.1) is 0 Å². The summed E-state index contributed by atoms with van der Waals surface area (Å²) in [5.74, 6) is 0.950. The van der Waals surface area contributed by atoms with Crippen molar-refractivity contribution in [2.24, 2.45) is 0 Å². The van der Waals surface area contributed by atoms with E-state index >= 15 is 0 Å². The summed E-state index contributed by atoms with van der Waals surface area (Å²) in [6.45, 7) is 5.71. The van der Waals surface area contributed by atoms with Crippen LogP contribution in [0.15, 0.2) is 59.1 Å². The monoisotopic (exact) mass is 497 g/mol. The van der Waals surface area contributed by atoms with E-state index in [4.69, 9.17) is 0 Å². The van der Waals surface area contributed by atoms with E-state index in [0.717, 1.165) is 58.3 Å². The maximum absolute atomic E-state index is 11.1. The van der Waals surface area contributed by atoms with Crippen molar-refractivity contribution in [1.29, 1.82) is 0 Å². The van der Waals surface area contributed by atoms with Gasteiger partial charge in [-0.05, 0) is 29.8 Å². The molecule has 31 heavy (non-hydrogen) atoms. The maximum atomic E-state index is 11.1. The number of piperazine rings is 1. The van der Waals surface area contributed by atoms with E-state index in [1.165, 1.54) is 17.0 Å². The topological polar surface area (TPSA) is 56.9 Å². The van der Waals surface area contributed by atoms with Gasteiger partial charge in [0.1, 0.15) is 0 Å². The van der Waals surface area contributed by atoms with Gasteiger partial charge in [0.2, 0.25) is 10.8 Å². The highest BCUT2D eigenvalue weighted by atomic mass is 79.9. The summed E-state index contributed by atoms with van der Waals surface area (Å²) in [5, 5.41) is 15.6. The molecule has 0 amide bonds. The minimum atomic E-state index is -0.0472. The minimum Gasteiger partial charge on any atom is -0.492 e. The van der Waals surface area contributed by atoms with Crippen LogP contribution in [0.2, 0.25) is 0 Å². The molecule has 5 rings (SSSR count). The number of thiazole rings is 1. The van der Waals surface area contributed by atoms with E-state index < -0.39 is 0 Å². The summed E-state index contributed by atoms with van der Waals surface area (Å²) in [4.78, 5) is 11.1. The lowest BCUT2D eigenvalue weighted by Crippen LogP contribution is -2.47. The molecule has 1 fully saturated rings. The Balaban J connectivity index is 1.49. The molecule has 1 aliphatic rings. The molecule has 6 nitrogen and oxygen atoms in total. The molecule has 0 spiro atoms. The maximum Gasteiger partial charge on any atom is 0.230 e. The number of nitrogens with zero attached hydrogens (tertiary/aromatic N) is 5. The Labute approximate surface area is 193 Å². The lowest BCUT2D eigenvalue weighted by molar-refractivity contribution is 0.211. The predicted molar refractivity (Wildman–Crippen MR) is 128 cm³/mol. The number of benzene rings is 2. The molecule has 8 heteroatoms. The van der Waals surface area contributed by atoms with Crippen molar-refractivity contribution in [3.05, 3.63) is 75.3 Å². The molecular weight excluding hydrogens is 474 g/mol. The molecule has 0 unspecified atom stereocenters. The lowest BCUT2D eigenvalue weighted by atomic mass is 10.0. The Bertz CT molecular complexity index is 1180. The third-order valence-electron chi connectivity index (χ3n) is 5.77. The average Bonchev–Trinajstić information content (AvgIpc) is 3.34. The van der Waals surface area contributed by atoms with E-state index in [9.17, 15) is 5.11 Å². The molecule has 3 heterocycles. The average molecular weight is 498 g/mol. The molecule has 0 saturated carbocycles. The number of anilines is 1. The molecule has 0 aliphatic carbocycles. The third kappa shape index (κ3) is 3.95. The van der Waals surface area contributed by atoms with E-state index in [-0.39, 0.29) is 11.9 Å². The SMILES string of the molecule is CCc1nc2sc([C@@H](c3cccc(Br)c3)N3CCN(c4ccccc4)CC3)c(O)n2n1. The van der Waals surface area contributed by atoms with E-state index in [0.29, 0.717) is 0 Å². The first-order valence-electron chi connectivity index (χ1n) is 10.5. The van der Waals surface area contributed by atoms with Crippen molar-refractivity contribution in [2.45, 2.75) is 19.4 Å². The first-order chi connectivity index (χ1) is 15.1. The molecule has 160 valence electrons. The fraction of sp³-hybridized carbons (Fsp3) is 0.304. The predicted octanol–water partition coefficient (Wildman–Crippen LogP) is 4.73. The van der Waals surface area contributed by atoms with E-state index in [1.54, 1.807) is 4.52 Å². The number of aromatic hydroxyl groups is 1. The molecule has 1 atom stereocenters. The fourth-order valence-electron chi connectivity index (χ4n) is 4.20. The molecule has 2 aromatic carbocycles. The highest BCUT2D eigenvalue weighted by Gasteiger charge is 2.32. The molecule has 1 saturated heterocycles. The first kappa shape index (κ1) is 20.5. The first-order valence-corrected chi connectivity index (χ1v) is 12.1. The smallest absolute Gasteiger partial charge is 0.230 e. The Morgan fingerprint density at radius 2 is 1.84 bits per heavy atom. The number of halogens is 1. The Kier molecular flexibility index (Phi) is 5.69. The van der Waals surface area contributed by atoms with Crippen LogP contribution in [-0.4, -0.2) is 50.8 Å². The normalized spacial score (nSPS) is 16.1. The quantitative estimate of drug-likeness (QED) is 0.431. The van der Waals surface area contributed by atoms with Crippen molar-refractivity contribution < 1.29 is 5.11 Å². The van der Waals surface area contributed by atoms with Crippen LogP contribution < -0.4 is 4.90 Å². The second kappa shape index (κ2) is 8.61. The summed E-state index contributed by atoms with van der Waals surface area (Å²) in [6.07, 6.45) is 0.750. The Morgan fingerprint density at radius 1 is 1.06 bits per heavy atom. The summed E-state index contributed by atoms with van der Waals surface area (Å²) < 4.78 is 2.62. The van der Waals surface area contributed by atoms with Crippen LogP contribution in [0.25, 0.3) is 4.96 Å². The summed E-state index contributed by atoms with van der Waals surface area (Å²) in [6, 6.07) is 18.9. The summed E-state index contributed by atoms with van der Waals surface area (Å²) in [5.41, 5.74) is 2.41. The summed E-state index contributed by atoms with van der Waals surface area (Å²) >= 11 is 5.14. The van der Waals surface area contributed by atoms with Gasteiger partial charge in [-0.25, -0.2) is 4.98 Å². The lowest BCUT2D eigenvalue weighted by Gasteiger charge is -2.40. The molecule has 1 N–H and O–H groups in total. The number of aryl methyl sites for hydroxylation is 1. The van der Waals surface area contributed by atoms with Crippen LogP contribution in [0.1, 0.15) is 29.2 Å². The molecule has 0 bridgehead atoms. The van der Waals surface area contributed by atoms with Gasteiger partial charge in [0.05, 0.1) is 10.9 Å². The van der Waals surface area contributed by atoms with Gasteiger partial charge < -0.3 is 10.0 Å². The minimum absolute atomic E-state index is 0.0472. The van der Waals surface area contributed by atoms with Crippen LogP contribution >= 0.6 is 27.3 Å². The molecule has 2 aromatic heterocycles. The summed E-state index contributed by atoms with van der Waals surface area (Å²) in [7, 11) is 0. The second-order valence-electron chi connectivity index (χ2n) is 7.68. The zero-order valence-corrected chi connectivity index (χ0v) is 19.7. The molecular formula is C23H24BrN5OS. The van der Waals surface area contributed by atoms with E-state index in [1.807, 2.05) is 13.0 Å². The van der Waals surface area contributed by atoms with Gasteiger partial charge in [0.25, 0.3) is 0 Å². The van der Waals surface area contributed by atoms with Crippen LogP contribution in [-0.2, 0) is 6.42 Å². The highest BCUT2D eigenvalue weighted by Crippen LogP contribution is 2.41. The van der Waals surface area contributed by atoms with Gasteiger partial charge in [-0.2, -0.15) is 4.52 Å². The number of para-hydroxylation sites is 1. The van der Waals surface area contributed by atoms with Gasteiger partial charge in [0.15, 0.2) is 5.82 Å². The van der Waals surface area contributed by atoms with Gasteiger partial charge >= 0.3 is 0 Å². The zero-order valence-electron chi connectivity index (χ0n) is 17.3. The number of fused-ring (bicyclic) bond motifs is 1. The van der Waals surface area contributed by atoms with Crippen molar-refractivity contribution >= 4 is 37.9 Å². The van der Waals surface area contributed by atoms with Crippen LogP contribution in [0.4, 0.5) is 5.69 Å². The van der Waals surface area contributed by atoms with Crippen molar-refractivity contribution in [3.63, 3.8) is 0 Å².